The van der Waals surface area contributed by atoms with Gasteiger partial charge in [0.15, 0.2) is 0 Å². The molecule has 1 aromatic heterocycles. The topological polar surface area (TPSA) is 4.93 Å². The minimum absolute atomic E-state index is 1.17. The average molecular weight is 574 g/mol. The molecule has 0 unspecified atom stereocenters. The molecule has 0 saturated carbocycles. The van der Waals surface area contributed by atoms with Crippen LogP contribution in [-0.4, -0.2) is 4.57 Å². The fourth-order valence-electron chi connectivity index (χ4n) is 7.48. The average Bonchev–Trinajstić information content (AvgIpc) is 3.42. The highest BCUT2D eigenvalue weighted by Crippen LogP contribution is 2.46. The molecule has 0 aliphatic heterocycles. The fraction of sp³-hybridized carbons (Fsp3) is 0.0455. The highest BCUT2D eigenvalue weighted by molar-refractivity contribution is 6.24. The highest BCUT2D eigenvalue weighted by atomic mass is 15.0. The van der Waals surface area contributed by atoms with Crippen molar-refractivity contribution in [2.45, 2.75) is 13.8 Å². The lowest BCUT2D eigenvalue weighted by molar-refractivity contribution is 1.18. The number of fused-ring (bicyclic) bond motifs is 6. The first-order valence-electron chi connectivity index (χ1n) is 15.7. The van der Waals surface area contributed by atoms with Crippen molar-refractivity contribution in [1.82, 2.24) is 4.57 Å². The van der Waals surface area contributed by atoms with E-state index >= 15 is 0 Å². The fourth-order valence-corrected chi connectivity index (χ4v) is 7.48. The standard InChI is InChI=1S/C44H31N/c1-28-25-39-40(26-29(28)2)44(36-22-12-14-30-13-3-4-17-33(30)36)38-21-6-5-20-37(38)43(39)31-15-11-16-32(27-31)45-41-23-9-7-18-34(41)35-19-8-10-24-42(35)45/h3-27H,1-2H3. The Balaban J connectivity index is 1.39. The summed E-state index contributed by atoms with van der Waals surface area (Å²) < 4.78 is 2.42. The zero-order chi connectivity index (χ0) is 30.1. The van der Waals surface area contributed by atoms with Crippen molar-refractivity contribution in [2.24, 2.45) is 0 Å². The normalized spacial score (nSPS) is 11.8. The van der Waals surface area contributed by atoms with E-state index in [1.54, 1.807) is 0 Å². The van der Waals surface area contributed by atoms with Crippen molar-refractivity contribution >= 4 is 54.1 Å². The summed E-state index contributed by atoms with van der Waals surface area (Å²) in [5.74, 6) is 0. The molecule has 9 aromatic rings. The van der Waals surface area contributed by atoms with Gasteiger partial charge in [-0.05, 0) is 104 Å². The number of rotatable bonds is 3. The SMILES string of the molecule is Cc1cc2c(-c3cccc(-n4c5ccccc5c5ccccc54)c3)c3ccccc3c(-c3cccc4ccccc34)c2cc1C. The van der Waals surface area contributed by atoms with Gasteiger partial charge in [0.2, 0.25) is 0 Å². The minimum atomic E-state index is 1.17. The molecule has 0 amide bonds. The smallest absolute Gasteiger partial charge is 0.0541 e. The molecule has 0 atom stereocenters. The molecule has 0 saturated heterocycles. The van der Waals surface area contributed by atoms with Crippen LogP contribution < -0.4 is 0 Å². The summed E-state index contributed by atoms with van der Waals surface area (Å²) in [6.07, 6.45) is 0. The Hall–Kier alpha value is -5.66. The lowest BCUT2D eigenvalue weighted by atomic mass is 9.83. The molecule has 1 heterocycles. The third-order valence-corrected chi connectivity index (χ3v) is 9.67. The van der Waals surface area contributed by atoms with Crippen molar-refractivity contribution in [3.63, 3.8) is 0 Å². The summed E-state index contributed by atoms with van der Waals surface area (Å²) in [6.45, 7) is 4.47. The number of benzene rings is 8. The number of aryl methyl sites for hydroxylation is 2. The maximum Gasteiger partial charge on any atom is 0.0541 e. The monoisotopic (exact) mass is 573 g/mol. The summed E-state index contributed by atoms with van der Waals surface area (Å²) in [7, 11) is 0. The van der Waals surface area contributed by atoms with E-state index in [9.17, 15) is 0 Å². The van der Waals surface area contributed by atoms with Gasteiger partial charge in [0.05, 0.1) is 11.0 Å². The molecule has 1 heteroatoms. The van der Waals surface area contributed by atoms with Gasteiger partial charge in [0.1, 0.15) is 0 Å². The van der Waals surface area contributed by atoms with Gasteiger partial charge in [-0.3, -0.25) is 0 Å². The van der Waals surface area contributed by atoms with E-state index in [2.05, 4.69) is 170 Å². The van der Waals surface area contributed by atoms with Crippen LogP contribution in [0.15, 0.2) is 152 Å². The van der Waals surface area contributed by atoms with Crippen LogP contribution in [0.1, 0.15) is 11.1 Å². The molecule has 9 rings (SSSR count). The number of hydrogen-bond donors (Lipinski definition) is 0. The zero-order valence-electron chi connectivity index (χ0n) is 25.4. The van der Waals surface area contributed by atoms with Crippen molar-refractivity contribution in [2.75, 3.05) is 0 Å². The molecule has 0 spiro atoms. The highest BCUT2D eigenvalue weighted by Gasteiger charge is 2.20. The molecule has 45 heavy (non-hydrogen) atoms. The van der Waals surface area contributed by atoms with Crippen LogP contribution in [-0.2, 0) is 0 Å². The van der Waals surface area contributed by atoms with Crippen LogP contribution in [0.2, 0.25) is 0 Å². The predicted octanol–water partition coefficient (Wildman–Crippen LogP) is 12.2. The third kappa shape index (κ3) is 3.87. The quantitative estimate of drug-likeness (QED) is 0.185. The summed E-state index contributed by atoms with van der Waals surface area (Å²) in [5, 5.41) is 10.2. The van der Waals surface area contributed by atoms with E-state index in [1.165, 1.54) is 93.2 Å². The van der Waals surface area contributed by atoms with Crippen LogP contribution in [0.5, 0.6) is 0 Å². The molecule has 0 aliphatic rings. The Morgan fingerprint density at radius 3 is 1.58 bits per heavy atom. The van der Waals surface area contributed by atoms with Crippen LogP contribution >= 0.6 is 0 Å². The Bertz CT molecular complexity index is 2560. The lowest BCUT2D eigenvalue weighted by Crippen LogP contribution is -1.96. The van der Waals surface area contributed by atoms with E-state index in [1.807, 2.05) is 0 Å². The molecule has 0 radical (unpaired) electrons. The molecule has 0 fully saturated rings. The minimum Gasteiger partial charge on any atom is -0.309 e. The van der Waals surface area contributed by atoms with Crippen molar-refractivity contribution in [3.05, 3.63) is 163 Å². The van der Waals surface area contributed by atoms with E-state index in [4.69, 9.17) is 0 Å². The van der Waals surface area contributed by atoms with Gasteiger partial charge in [-0.25, -0.2) is 0 Å². The zero-order valence-corrected chi connectivity index (χ0v) is 25.4. The molecular weight excluding hydrogens is 542 g/mol. The van der Waals surface area contributed by atoms with Gasteiger partial charge >= 0.3 is 0 Å². The number of para-hydroxylation sites is 2. The van der Waals surface area contributed by atoms with Gasteiger partial charge < -0.3 is 4.57 Å². The van der Waals surface area contributed by atoms with E-state index in [0.29, 0.717) is 0 Å². The number of hydrogen-bond acceptors (Lipinski definition) is 0. The Morgan fingerprint density at radius 1 is 0.378 bits per heavy atom. The van der Waals surface area contributed by atoms with E-state index in [0.717, 1.165) is 0 Å². The Kier molecular flexibility index (Phi) is 5.70. The second kappa shape index (κ2) is 9.94. The van der Waals surface area contributed by atoms with Gasteiger partial charge in [-0.1, -0.05) is 127 Å². The second-order valence-electron chi connectivity index (χ2n) is 12.2. The largest absolute Gasteiger partial charge is 0.309 e. The molecule has 0 bridgehead atoms. The molecule has 0 aliphatic carbocycles. The lowest BCUT2D eigenvalue weighted by Gasteiger charge is -2.20. The summed E-state index contributed by atoms with van der Waals surface area (Å²) >= 11 is 0. The number of nitrogens with zero attached hydrogens (tertiary/aromatic N) is 1. The number of aromatic nitrogens is 1. The first kappa shape index (κ1) is 25.8. The molecule has 0 N–H and O–H groups in total. The van der Waals surface area contributed by atoms with Crippen LogP contribution in [0.4, 0.5) is 0 Å². The van der Waals surface area contributed by atoms with Crippen LogP contribution in [0, 0.1) is 13.8 Å². The first-order valence-corrected chi connectivity index (χ1v) is 15.7. The second-order valence-corrected chi connectivity index (χ2v) is 12.2. The van der Waals surface area contributed by atoms with Crippen LogP contribution in [0.25, 0.3) is 82.1 Å². The van der Waals surface area contributed by atoms with Gasteiger partial charge in [-0.15, -0.1) is 0 Å². The van der Waals surface area contributed by atoms with Crippen molar-refractivity contribution in [3.8, 4) is 27.9 Å². The summed E-state index contributed by atoms with van der Waals surface area (Å²) in [6, 6.07) is 55.9. The van der Waals surface area contributed by atoms with E-state index in [-0.39, 0.29) is 0 Å². The van der Waals surface area contributed by atoms with Crippen molar-refractivity contribution in [1.29, 1.82) is 0 Å². The Labute approximate surface area is 262 Å². The summed E-state index contributed by atoms with van der Waals surface area (Å²) in [4.78, 5) is 0. The Morgan fingerprint density at radius 2 is 0.889 bits per heavy atom. The van der Waals surface area contributed by atoms with Crippen LogP contribution in [0.3, 0.4) is 0 Å². The molecule has 212 valence electrons. The molecule has 8 aromatic carbocycles. The third-order valence-electron chi connectivity index (χ3n) is 9.67. The summed E-state index contributed by atoms with van der Waals surface area (Å²) in [5.41, 5.74) is 11.3. The molecular formula is C44H31N. The van der Waals surface area contributed by atoms with Crippen molar-refractivity contribution < 1.29 is 0 Å². The maximum absolute atomic E-state index is 2.42. The van der Waals surface area contributed by atoms with Gasteiger partial charge in [0, 0.05) is 16.5 Å². The maximum atomic E-state index is 2.42. The van der Waals surface area contributed by atoms with Gasteiger partial charge in [-0.2, -0.15) is 0 Å². The molecule has 1 nitrogen and oxygen atoms in total. The van der Waals surface area contributed by atoms with E-state index < -0.39 is 0 Å². The van der Waals surface area contributed by atoms with Gasteiger partial charge in [0.25, 0.3) is 0 Å². The first-order chi connectivity index (χ1) is 22.2. The predicted molar refractivity (Wildman–Crippen MR) is 194 cm³/mol.